The predicted octanol–water partition coefficient (Wildman–Crippen LogP) is 1.67. The van der Waals surface area contributed by atoms with Crippen LogP contribution in [0.4, 0.5) is 11.4 Å². The van der Waals surface area contributed by atoms with E-state index in [9.17, 15) is 21.6 Å². The van der Waals surface area contributed by atoms with Crippen molar-refractivity contribution in [3.63, 3.8) is 0 Å². The zero-order valence-corrected chi connectivity index (χ0v) is 16.3. The van der Waals surface area contributed by atoms with E-state index in [0.717, 1.165) is 0 Å². The van der Waals surface area contributed by atoms with Crippen molar-refractivity contribution in [1.82, 2.24) is 0 Å². The number of anilines is 2. The van der Waals surface area contributed by atoms with Crippen molar-refractivity contribution >= 4 is 37.3 Å². The second kappa shape index (κ2) is 8.51. The van der Waals surface area contributed by atoms with Gasteiger partial charge in [0.2, 0.25) is 26.0 Å². The molecule has 0 unspecified atom stereocenters. The lowest BCUT2D eigenvalue weighted by Gasteiger charge is -2.09. The molecular weight excluding hydrogens is 390 g/mol. The highest BCUT2D eigenvalue weighted by Gasteiger charge is 2.10. The molecule has 2 rings (SSSR count). The summed E-state index contributed by atoms with van der Waals surface area (Å²) in [5.41, 5.74) is 1.56. The Bertz CT molecular complexity index is 1000. The summed E-state index contributed by atoms with van der Waals surface area (Å²) < 4.78 is 48.3. The number of amides is 1. The molecule has 0 atom stereocenters. The first-order valence-electron chi connectivity index (χ1n) is 8.11. The number of carbonyl (C=O) groups excluding carboxylic acids is 1. The van der Waals surface area contributed by atoms with Crippen LogP contribution in [0.1, 0.15) is 18.9 Å². The normalized spacial score (nSPS) is 11.8. The monoisotopic (exact) mass is 411 g/mol. The van der Waals surface area contributed by atoms with Gasteiger partial charge in [0.15, 0.2) is 0 Å². The number of nitrogens with two attached hydrogens (primary N) is 1. The summed E-state index contributed by atoms with van der Waals surface area (Å²) in [5.74, 6) is -0.256. The van der Waals surface area contributed by atoms with E-state index in [1.54, 1.807) is 31.2 Å². The van der Waals surface area contributed by atoms with Crippen molar-refractivity contribution in [3.8, 4) is 0 Å². The van der Waals surface area contributed by atoms with Crippen LogP contribution in [-0.2, 0) is 31.3 Å². The molecule has 27 heavy (non-hydrogen) atoms. The number of hydrogen-bond acceptors (Lipinski definition) is 5. The second-order valence-electron chi connectivity index (χ2n) is 5.91. The molecule has 0 radical (unpaired) electrons. The number of rotatable bonds is 8. The number of sulfonamides is 2. The molecule has 0 saturated heterocycles. The van der Waals surface area contributed by atoms with Crippen LogP contribution >= 0.6 is 0 Å². The van der Waals surface area contributed by atoms with Crippen LogP contribution in [0.25, 0.3) is 0 Å². The van der Waals surface area contributed by atoms with Gasteiger partial charge in [-0.3, -0.25) is 9.52 Å². The summed E-state index contributed by atoms with van der Waals surface area (Å²) in [6.07, 6.45) is 0.567. The van der Waals surface area contributed by atoms with Crippen LogP contribution < -0.4 is 15.2 Å². The minimum atomic E-state index is -3.77. The van der Waals surface area contributed by atoms with Crippen molar-refractivity contribution in [2.75, 3.05) is 15.8 Å². The Morgan fingerprint density at radius 2 is 1.48 bits per heavy atom. The molecule has 8 nitrogen and oxygen atoms in total. The summed E-state index contributed by atoms with van der Waals surface area (Å²) in [7, 11) is -7.13. The third-order valence-electron chi connectivity index (χ3n) is 3.53. The Kier molecular flexibility index (Phi) is 6.58. The van der Waals surface area contributed by atoms with E-state index < -0.39 is 20.0 Å². The van der Waals surface area contributed by atoms with Crippen molar-refractivity contribution in [2.45, 2.75) is 24.7 Å². The highest BCUT2D eigenvalue weighted by atomic mass is 32.2. The molecule has 0 bridgehead atoms. The smallest absolute Gasteiger partial charge is 0.238 e. The molecule has 0 fully saturated rings. The molecule has 0 saturated carbocycles. The molecule has 2 aromatic carbocycles. The van der Waals surface area contributed by atoms with Crippen LogP contribution in [0.2, 0.25) is 0 Å². The fourth-order valence-electron chi connectivity index (χ4n) is 2.31. The molecule has 0 aliphatic carbocycles. The van der Waals surface area contributed by atoms with Crippen LogP contribution in [0, 0.1) is 0 Å². The number of benzene rings is 2. The van der Waals surface area contributed by atoms with E-state index in [2.05, 4.69) is 10.0 Å². The second-order valence-corrected chi connectivity index (χ2v) is 9.32. The van der Waals surface area contributed by atoms with Gasteiger partial charge in [0, 0.05) is 11.4 Å². The minimum absolute atomic E-state index is 0.0206. The maximum atomic E-state index is 12.1. The van der Waals surface area contributed by atoms with Gasteiger partial charge in [-0.15, -0.1) is 0 Å². The number of primary sulfonamides is 1. The maximum absolute atomic E-state index is 12.1. The van der Waals surface area contributed by atoms with Crippen LogP contribution in [0.5, 0.6) is 0 Å². The molecule has 0 aromatic heterocycles. The fourth-order valence-corrected chi connectivity index (χ4v) is 3.96. The van der Waals surface area contributed by atoms with Gasteiger partial charge in [-0.2, -0.15) is 0 Å². The highest BCUT2D eigenvalue weighted by Crippen LogP contribution is 2.16. The predicted molar refractivity (Wildman–Crippen MR) is 104 cm³/mol. The van der Waals surface area contributed by atoms with Gasteiger partial charge >= 0.3 is 0 Å². The first-order valence-corrected chi connectivity index (χ1v) is 11.3. The third kappa shape index (κ3) is 6.66. The topological polar surface area (TPSA) is 135 Å². The average molecular weight is 412 g/mol. The zero-order valence-electron chi connectivity index (χ0n) is 14.7. The first-order chi connectivity index (χ1) is 12.6. The van der Waals surface area contributed by atoms with E-state index in [1.807, 2.05) is 0 Å². The van der Waals surface area contributed by atoms with Crippen LogP contribution in [-0.4, -0.2) is 28.5 Å². The molecule has 10 heteroatoms. The Morgan fingerprint density at radius 1 is 0.926 bits per heavy atom. The van der Waals surface area contributed by atoms with E-state index in [-0.39, 0.29) is 23.0 Å². The van der Waals surface area contributed by atoms with Crippen molar-refractivity contribution in [3.05, 3.63) is 54.1 Å². The van der Waals surface area contributed by atoms with Gasteiger partial charge in [0.05, 0.1) is 17.1 Å². The SMILES string of the molecule is CCCS(=O)(=O)Nc1ccc(NC(=O)Cc2ccc(S(N)(=O)=O)cc2)cc1. The number of hydrogen-bond donors (Lipinski definition) is 3. The summed E-state index contributed by atoms with van der Waals surface area (Å²) in [6.45, 7) is 1.78. The first kappa shape index (κ1) is 20.9. The molecule has 0 aliphatic rings. The lowest BCUT2D eigenvalue weighted by Crippen LogP contribution is -2.16. The quantitative estimate of drug-likeness (QED) is 0.607. The fraction of sp³-hybridized carbons (Fsp3) is 0.235. The lowest BCUT2D eigenvalue weighted by molar-refractivity contribution is -0.115. The molecule has 2 aromatic rings. The molecular formula is C17H21N3O5S2. The number of carbonyl (C=O) groups is 1. The molecule has 0 heterocycles. The minimum Gasteiger partial charge on any atom is -0.326 e. The molecule has 1 amide bonds. The van der Waals surface area contributed by atoms with Gasteiger partial charge in [0.25, 0.3) is 0 Å². The standard InChI is InChI=1S/C17H21N3O5S2/c1-2-11-26(22,23)20-15-7-5-14(6-8-15)19-17(21)12-13-3-9-16(10-4-13)27(18,24)25/h3-10,20H,2,11-12H2,1H3,(H,19,21)(H2,18,24,25). The summed E-state index contributed by atoms with van der Waals surface area (Å²) in [4.78, 5) is 12.1. The van der Waals surface area contributed by atoms with E-state index in [0.29, 0.717) is 23.4 Å². The maximum Gasteiger partial charge on any atom is 0.238 e. The van der Waals surface area contributed by atoms with Crippen molar-refractivity contribution in [2.24, 2.45) is 5.14 Å². The summed E-state index contributed by atoms with van der Waals surface area (Å²) >= 11 is 0. The van der Waals surface area contributed by atoms with Gasteiger partial charge < -0.3 is 5.32 Å². The largest absolute Gasteiger partial charge is 0.326 e. The van der Waals surface area contributed by atoms with Gasteiger partial charge in [0.1, 0.15) is 0 Å². The van der Waals surface area contributed by atoms with Crippen molar-refractivity contribution in [1.29, 1.82) is 0 Å². The van der Waals surface area contributed by atoms with Crippen molar-refractivity contribution < 1.29 is 21.6 Å². The Hall–Kier alpha value is -2.43. The lowest BCUT2D eigenvalue weighted by atomic mass is 10.1. The van der Waals surface area contributed by atoms with E-state index in [1.165, 1.54) is 24.3 Å². The Labute approximate surface area is 158 Å². The van der Waals surface area contributed by atoms with Gasteiger partial charge in [-0.25, -0.2) is 22.0 Å². The number of nitrogens with one attached hydrogen (secondary N) is 2. The molecule has 4 N–H and O–H groups in total. The van der Waals surface area contributed by atoms with E-state index >= 15 is 0 Å². The zero-order chi connectivity index (χ0) is 20.1. The summed E-state index contributed by atoms with van der Waals surface area (Å²) in [6, 6.07) is 12.0. The third-order valence-corrected chi connectivity index (χ3v) is 5.95. The van der Waals surface area contributed by atoms with Gasteiger partial charge in [-0.05, 0) is 48.4 Å². The Morgan fingerprint density at radius 3 is 2.00 bits per heavy atom. The van der Waals surface area contributed by atoms with Gasteiger partial charge in [-0.1, -0.05) is 19.1 Å². The summed E-state index contributed by atoms with van der Waals surface area (Å²) in [5, 5.41) is 7.72. The highest BCUT2D eigenvalue weighted by molar-refractivity contribution is 7.92. The average Bonchev–Trinajstić information content (AvgIpc) is 2.56. The van der Waals surface area contributed by atoms with Crippen LogP contribution in [0.3, 0.4) is 0 Å². The molecule has 0 aliphatic heterocycles. The molecule has 146 valence electrons. The van der Waals surface area contributed by atoms with E-state index in [4.69, 9.17) is 5.14 Å². The Balaban J connectivity index is 1.96. The van der Waals surface area contributed by atoms with Crippen LogP contribution in [0.15, 0.2) is 53.4 Å². The molecule has 0 spiro atoms.